The van der Waals surface area contributed by atoms with E-state index in [-0.39, 0.29) is 5.97 Å². The van der Waals surface area contributed by atoms with Crippen LogP contribution in [0.3, 0.4) is 0 Å². The van der Waals surface area contributed by atoms with Crippen molar-refractivity contribution in [2.45, 2.75) is 13.3 Å². The molecule has 0 aliphatic heterocycles. The molecule has 2 N–H and O–H groups in total. The maximum absolute atomic E-state index is 11.6. The lowest BCUT2D eigenvalue weighted by Gasteiger charge is -2.08. The van der Waals surface area contributed by atoms with Crippen LogP contribution in [0.2, 0.25) is 0 Å². The maximum atomic E-state index is 11.6. The van der Waals surface area contributed by atoms with Gasteiger partial charge < -0.3 is 15.4 Å². The third-order valence-electron chi connectivity index (χ3n) is 2.02. The van der Waals surface area contributed by atoms with Gasteiger partial charge in [0.15, 0.2) is 5.11 Å². The Labute approximate surface area is 106 Å². The van der Waals surface area contributed by atoms with E-state index in [1.54, 1.807) is 25.2 Å². The summed E-state index contributed by atoms with van der Waals surface area (Å²) in [7, 11) is 1.73. The minimum atomic E-state index is -0.314. The molecule has 17 heavy (non-hydrogen) atoms. The lowest BCUT2D eigenvalue weighted by molar-refractivity contribution is 0.0505. The molecule has 0 heterocycles. The average molecular weight is 252 g/mol. The number of ether oxygens (including phenoxy) is 1. The molecule has 0 atom stereocenters. The SMILES string of the molecule is CCCOC(=O)c1cccc(NC(=S)NC)c1. The largest absolute Gasteiger partial charge is 0.462 e. The van der Waals surface area contributed by atoms with Crippen molar-refractivity contribution in [3.8, 4) is 0 Å². The van der Waals surface area contributed by atoms with Gasteiger partial charge in [-0.2, -0.15) is 0 Å². The van der Waals surface area contributed by atoms with Crippen LogP contribution in [-0.2, 0) is 4.74 Å². The molecule has 5 heteroatoms. The van der Waals surface area contributed by atoms with E-state index in [9.17, 15) is 4.79 Å². The highest BCUT2D eigenvalue weighted by atomic mass is 32.1. The van der Waals surface area contributed by atoms with E-state index < -0.39 is 0 Å². The van der Waals surface area contributed by atoms with Gasteiger partial charge in [0.05, 0.1) is 12.2 Å². The molecule has 1 aromatic rings. The zero-order valence-corrected chi connectivity index (χ0v) is 10.8. The Kier molecular flexibility index (Phi) is 5.42. The summed E-state index contributed by atoms with van der Waals surface area (Å²) in [6.45, 7) is 2.39. The number of nitrogens with one attached hydrogen (secondary N) is 2. The molecule has 1 rings (SSSR count). The standard InChI is InChI=1S/C12H16N2O2S/c1-3-7-16-11(15)9-5-4-6-10(8-9)14-12(17)13-2/h4-6,8H,3,7H2,1-2H3,(H2,13,14,17). The second-order valence-electron chi connectivity index (χ2n) is 3.42. The fraction of sp³-hybridized carbons (Fsp3) is 0.333. The molecule has 0 amide bonds. The molecule has 0 spiro atoms. The van der Waals surface area contributed by atoms with E-state index in [1.807, 2.05) is 13.0 Å². The molecule has 0 aliphatic carbocycles. The van der Waals surface area contributed by atoms with Gasteiger partial charge in [-0.3, -0.25) is 0 Å². The molecule has 0 aliphatic rings. The Bertz CT molecular complexity index is 407. The molecule has 0 radical (unpaired) electrons. The molecular formula is C12H16N2O2S. The van der Waals surface area contributed by atoms with Gasteiger partial charge in [-0.05, 0) is 36.8 Å². The lowest BCUT2D eigenvalue weighted by Crippen LogP contribution is -2.24. The number of carbonyl (C=O) groups excluding carboxylic acids is 1. The number of hydrogen-bond acceptors (Lipinski definition) is 3. The second-order valence-corrected chi connectivity index (χ2v) is 3.83. The first kappa shape index (κ1) is 13.4. The van der Waals surface area contributed by atoms with Crippen molar-refractivity contribution < 1.29 is 9.53 Å². The van der Waals surface area contributed by atoms with Gasteiger partial charge >= 0.3 is 5.97 Å². The van der Waals surface area contributed by atoms with Gasteiger partial charge in [0.1, 0.15) is 0 Å². The van der Waals surface area contributed by atoms with Crippen LogP contribution in [0.4, 0.5) is 5.69 Å². The van der Waals surface area contributed by atoms with Gasteiger partial charge in [0, 0.05) is 12.7 Å². The third-order valence-corrected chi connectivity index (χ3v) is 2.33. The third kappa shape index (κ3) is 4.40. The number of rotatable bonds is 4. The Hall–Kier alpha value is -1.62. The van der Waals surface area contributed by atoms with Crippen molar-refractivity contribution in [1.29, 1.82) is 0 Å². The van der Waals surface area contributed by atoms with Gasteiger partial charge in [0.2, 0.25) is 0 Å². The Morgan fingerprint density at radius 3 is 2.88 bits per heavy atom. The highest BCUT2D eigenvalue weighted by Gasteiger charge is 2.07. The molecule has 92 valence electrons. The smallest absolute Gasteiger partial charge is 0.338 e. The fourth-order valence-electron chi connectivity index (χ4n) is 1.20. The maximum Gasteiger partial charge on any atom is 0.338 e. The lowest BCUT2D eigenvalue weighted by atomic mass is 10.2. The van der Waals surface area contributed by atoms with Crippen LogP contribution in [0.15, 0.2) is 24.3 Å². The van der Waals surface area contributed by atoms with Crippen LogP contribution in [0.25, 0.3) is 0 Å². The van der Waals surface area contributed by atoms with Gasteiger partial charge in [-0.1, -0.05) is 13.0 Å². The summed E-state index contributed by atoms with van der Waals surface area (Å²) in [5.41, 5.74) is 1.28. The summed E-state index contributed by atoms with van der Waals surface area (Å²) >= 11 is 4.98. The van der Waals surface area contributed by atoms with Gasteiger partial charge in [-0.25, -0.2) is 4.79 Å². The van der Waals surface area contributed by atoms with Crippen molar-refractivity contribution in [1.82, 2.24) is 5.32 Å². The minimum Gasteiger partial charge on any atom is -0.462 e. The van der Waals surface area contributed by atoms with Crippen LogP contribution < -0.4 is 10.6 Å². The predicted molar refractivity (Wildman–Crippen MR) is 72.3 cm³/mol. The number of thiocarbonyl (C=S) groups is 1. The first-order valence-electron chi connectivity index (χ1n) is 5.43. The monoisotopic (exact) mass is 252 g/mol. The number of hydrogen-bond donors (Lipinski definition) is 2. The second kappa shape index (κ2) is 6.85. The van der Waals surface area contributed by atoms with E-state index >= 15 is 0 Å². The summed E-state index contributed by atoms with van der Waals surface area (Å²) in [5.74, 6) is -0.314. The quantitative estimate of drug-likeness (QED) is 0.635. The minimum absolute atomic E-state index is 0.314. The Balaban J connectivity index is 2.71. The number of anilines is 1. The van der Waals surface area contributed by atoms with Crippen molar-refractivity contribution in [3.63, 3.8) is 0 Å². The molecule has 0 fully saturated rings. The summed E-state index contributed by atoms with van der Waals surface area (Å²) in [6, 6.07) is 7.04. The molecule has 0 saturated carbocycles. The fourth-order valence-corrected chi connectivity index (χ4v) is 1.31. The summed E-state index contributed by atoms with van der Waals surface area (Å²) in [6.07, 6.45) is 0.813. The van der Waals surface area contributed by atoms with Crippen molar-refractivity contribution in [2.24, 2.45) is 0 Å². The molecule has 0 saturated heterocycles. The topological polar surface area (TPSA) is 50.4 Å². The Morgan fingerprint density at radius 2 is 2.24 bits per heavy atom. The molecular weight excluding hydrogens is 236 g/mol. The van der Waals surface area contributed by atoms with Gasteiger partial charge in [-0.15, -0.1) is 0 Å². The van der Waals surface area contributed by atoms with Crippen LogP contribution in [0, 0.1) is 0 Å². The summed E-state index contributed by atoms with van der Waals surface area (Å²) < 4.78 is 5.05. The van der Waals surface area contributed by atoms with E-state index in [0.717, 1.165) is 12.1 Å². The number of carbonyl (C=O) groups is 1. The van der Waals surface area contributed by atoms with Crippen LogP contribution in [0.5, 0.6) is 0 Å². The van der Waals surface area contributed by atoms with Crippen molar-refractivity contribution >= 4 is 29.0 Å². The molecule has 0 aromatic heterocycles. The highest BCUT2D eigenvalue weighted by Crippen LogP contribution is 2.11. The zero-order valence-electron chi connectivity index (χ0n) is 9.95. The van der Waals surface area contributed by atoms with E-state index in [4.69, 9.17) is 17.0 Å². The summed E-state index contributed by atoms with van der Waals surface area (Å²) in [5, 5.41) is 6.26. The van der Waals surface area contributed by atoms with E-state index in [2.05, 4.69) is 10.6 Å². The van der Waals surface area contributed by atoms with E-state index in [0.29, 0.717) is 17.3 Å². The van der Waals surface area contributed by atoms with E-state index in [1.165, 1.54) is 0 Å². The molecule has 4 nitrogen and oxygen atoms in total. The van der Waals surface area contributed by atoms with Crippen LogP contribution >= 0.6 is 12.2 Å². The Morgan fingerprint density at radius 1 is 1.47 bits per heavy atom. The van der Waals surface area contributed by atoms with Crippen LogP contribution in [0.1, 0.15) is 23.7 Å². The normalized spacial score (nSPS) is 9.53. The first-order chi connectivity index (χ1) is 8.17. The van der Waals surface area contributed by atoms with Crippen molar-refractivity contribution in [2.75, 3.05) is 19.0 Å². The average Bonchev–Trinajstić information content (AvgIpc) is 2.36. The van der Waals surface area contributed by atoms with Gasteiger partial charge in [0.25, 0.3) is 0 Å². The van der Waals surface area contributed by atoms with Crippen LogP contribution in [-0.4, -0.2) is 24.7 Å². The molecule has 0 unspecified atom stereocenters. The first-order valence-corrected chi connectivity index (χ1v) is 5.84. The predicted octanol–water partition coefficient (Wildman–Crippen LogP) is 2.17. The number of esters is 1. The zero-order chi connectivity index (χ0) is 12.7. The molecule has 1 aromatic carbocycles. The summed E-state index contributed by atoms with van der Waals surface area (Å²) in [4.78, 5) is 11.6. The highest BCUT2D eigenvalue weighted by molar-refractivity contribution is 7.80. The number of benzene rings is 1. The van der Waals surface area contributed by atoms with Crippen molar-refractivity contribution in [3.05, 3.63) is 29.8 Å². The molecule has 0 bridgehead atoms.